The monoisotopic (exact) mass is 503 g/mol. The zero-order chi connectivity index (χ0) is 26.1. The molecule has 38 heavy (non-hydrogen) atoms. The number of hydrogen-bond donors (Lipinski definition) is 0. The van der Waals surface area contributed by atoms with Crippen LogP contribution in [0.4, 0.5) is 11.5 Å². The first kappa shape index (κ1) is 23.7. The Hall–Kier alpha value is -4.65. The Morgan fingerprint density at radius 2 is 1.45 bits per heavy atom. The van der Waals surface area contributed by atoms with Crippen LogP contribution in [0.3, 0.4) is 0 Å². The van der Waals surface area contributed by atoms with Crippen molar-refractivity contribution in [2.75, 3.05) is 43.1 Å². The van der Waals surface area contributed by atoms with E-state index in [4.69, 9.17) is 14.7 Å². The second-order valence-corrected chi connectivity index (χ2v) is 9.45. The molecule has 0 saturated carbocycles. The van der Waals surface area contributed by atoms with Gasteiger partial charge in [-0.1, -0.05) is 30.3 Å². The van der Waals surface area contributed by atoms with Crippen molar-refractivity contribution in [3.05, 3.63) is 97.0 Å². The van der Waals surface area contributed by atoms with Crippen LogP contribution in [0.2, 0.25) is 0 Å². The fraction of sp³-hybridized carbons (Fsp3) is 0.194. The Morgan fingerprint density at radius 1 is 0.789 bits per heavy atom. The first-order valence-electron chi connectivity index (χ1n) is 12.8. The van der Waals surface area contributed by atoms with E-state index in [0.29, 0.717) is 0 Å². The normalized spacial score (nSPS) is 13.6. The molecule has 0 atom stereocenters. The lowest BCUT2D eigenvalue weighted by Crippen LogP contribution is -2.47. The summed E-state index contributed by atoms with van der Waals surface area (Å²) < 4.78 is 7.50. The van der Waals surface area contributed by atoms with Crippen molar-refractivity contribution in [3.63, 3.8) is 0 Å². The fourth-order valence-corrected chi connectivity index (χ4v) is 5.15. The van der Waals surface area contributed by atoms with E-state index in [-0.39, 0.29) is 5.78 Å². The van der Waals surface area contributed by atoms with Gasteiger partial charge in [0.2, 0.25) is 0 Å². The number of carbonyl (C=O) groups excluding carboxylic acids is 1. The Balaban J connectivity index is 1.36. The van der Waals surface area contributed by atoms with Crippen LogP contribution in [0.15, 0.2) is 91.4 Å². The number of Topliss-reactive ketones (excluding diaryl/α,β-unsaturated/α-hetero) is 1. The number of nitrogens with zero attached hydrogens (tertiary/aromatic N) is 5. The van der Waals surface area contributed by atoms with Gasteiger partial charge < -0.3 is 19.1 Å². The van der Waals surface area contributed by atoms with Crippen LogP contribution in [-0.4, -0.2) is 53.6 Å². The summed E-state index contributed by atoms with van der Waals surface area (Å²) in [6.07, 6.45) is 3.83. The van der Waals surface area contributed by atoms with Crippen molar-refractivity contribution in [3.8, 4) is 22.6 Å². The number of anilines is 2. The standard InChI is InChI=1S/C31H29N5O2/c1-22(37)23-8-10-25(11-9-23)34-16-18-35(19-17-34)30-29-28(24-6-4-3-5-7-24)20-36(31(29)33-21-32-30)26-12-14-27(38-2)15-13-26/h3-15,20-21H,16-19H2,1-2H3. The van der Waals surface area contributed by atoms with Crippen LogP contribution < -0.4 is 14.5 Å². The number of aromatic nitrogens is 3. The van der Waals surface area contributed by atoms with Crippen LogP contribution in [0, 0.1) is 0 Å². The minimum atomic E-state index is 0.0879. The Bertz CT molecular complexity index is 1570. The average Bonchev–Trinajstić information content (AvgIpc) is 3.38. The Labute approximate surface area is 221 Å². The van der Waals surface area contributed by atoms with Gasteiger partial charge in [-0.3, -0.25) is 4.79 Å². The first-order chi connectivity index (χ1) is 18.6. The number of benzene rings is 3. The molecule has 0 bridgehead atoms. The minimum absolute atomic E-state index is 0.0879. The van der Waals surface area contributed by atoms with Crippen LogP contribution in [0.1, 0.15) is 17.3 Å². The van der Waals surface area contributed by atoms with E-state index >= 15 is 0 Å². The molecule has 1 aliphatic rings. The highest BCUT2D eigenvalue weighted by Crippen LogP contribution is 2.37. The van der Waals surface area contributed by atoms with E-state index in [0.717, 1.165) is 76.8 Å². The molecular weight excluding hydrogens is 474 g/mol. The average molecular weight is 504 g/mol. The van der Waals surface area contributed by atoms with E-state index in [2.05, 4.69) is 44.8 Å². The number of ketones is 1. The lowest BCUT2D eigenvalue weighted by molar-refractivity contribution is 0.101. The van der Waals surface area contributed by atoms with E-state index in [1.54, 1.807) is 20.4 Å². The maximum atomic E-state index is 11.7. The van der Waals surface area contributed by atoms with Crippen molar-refractivity contribution < 1.29 is 9.53 Å². The minimum Gasteiger partial charge on any atom is -0.497 e. The van der Waals surface area contributed by atoms with Gasteiger partial charge in [0.1, 0.15) is 17.9 Å². The molecule has 6 rings (SSSR count). The molecule has 0 N–H and O–H groups in total. The topological polar surface area (TPSA) is 63.5 Å². The summed E-state index contributed by atoms with van der Waals surface area (Å²) in [5.74, 6) is 1.86. The molecule has 0 amide bonds. The van der Waals surface area contributed by atoms with Gasteiger partial charge in [-0.25, -0.2) is 9.97 Å². The summed E-state index contributed by atoms with van der Waals surface area (Å²) in [6, 6.07) is 26.3. The molecule has 3 aromatic carbocycles. The summed E-state index contributed by atoms with van der Waals surface area (Å²) in [5.41, 5.74) is 6.01. The summed E-state index contributed by atoms with van der Waals surface area (Å²) in [7, 11) is 1.67. The van der Waals surface area contributed by atoms with Crippen molar-refractivity contribution >= 4 is 28.3 Å². The lowest BCUT2D eigenvalue weighted by Gasteiger charge is -2.37. The number of rotatable bonds is 6. The molecule has 0 unspecified atom stereocenters. The van der Waals surface area contributed by atoms with Gasteiger partial charge in [0.05, 0.1) is 12.5 Å². The molecule has 5 aromatic rings. The second kappa shape index (κ2) is 10.0. The zero-order valence-corrected chi connectivity index (χ0v) is 21.5. The number of hydrogen-bond acceptors (Lipinski definition) is 6. The molecule has 1 saturated heterocycles. The van der Waals surface area contributed by atoms with Crippen molar-refractivity contribution in [1.82, 2.24) is 14.5 Å². The third-order valence-corrected chi connectivity index (χ3v) is 7.22. The molecular formula is C31H29N5O2. The quantitative estimate of drug-likeness (QED) is 0.280. The second-order valence-electron chi connectivity index (χ2n) is 9.45. The van der Waals surface area contributed by atoms with Crippen LogP contribution in [-0.2, 0) is 0 Å². The van der Waals surface area contributed by atoms with Gasteiger partial charge in [0.25, 0.3) is 0 Å². The zero-order valence-electron chi connectivity index (χ0n) is 21.5. The molecule has 7 heteroatoms. The highest BCUT2D eigenvalue weighted by Gasteiger charge is 2.24. The Kier molecular flexibility index (Phi) is 6.25. The molecule has 2 aromatic heterocycles. The van der Waals surface area contributed by atoms with Gasteiger partial charge in [0.15, 0.2) is 11.4 Å². The molecule has 3 heterocycles. The predicted molar refractivity (Wildman–Crippen MR) is 152 cm³/mol. The summed E-state index contributed by atoms with van der Waals surface area (Å²) in [5, 5.41) is 1.05. The predicted octanol–water partition coefficient (Wildman–Crippen LogP) is 5.63. The molecule has 0 radical (unpaired) electrons. The van der Waals surface area contributed by atoms with Crippen LogP contribution >= 0.6 is 0 Å². The van der Waals surface area contributed by atoms with E-state index in [1.807, 2.05) is 54.6 Å². The maximum absolute atomic E-state index is 11.7. The number of fused-ring (bicyclic) bond motifs is 1. The molecule has 0 aliphatic carbocycles. The summed E-state index contributed by atoms with van der Waals surface area (Å²) in [4.78, 5) is 25.9. The van der Waals surface area contributed by atoms with Gasteiger partial charge in [-0.2, -0.15) is 0 Å². The maximum Gasteiger partial charge on any atom is 0.159 e. The molecule has 1 aliphatic heterocycles. The van der Waals surface area contributed by atoms with E-state index in [9.17, 15) is 4.79 Å². The van der Waals surface area contributed by atoms with Crippen LogP contribution in [0.25, 0.3) is 27.8 Å². The smallest absolute Gasteiger partial charge is 0.159 e. The van der Waals surface area contributed by atoms with Crippen molar-refractivity contribution in [2.24, 2.45) is 0 Å². The molecule has 190 valence electrons. The van der Waals surface area contributed by atoms with Crippen molar-refractivity contribution in [2.45, 2.75) is 6.92 Å². The number of piperazine rings is 1. The van der Waals surface area contributed by atoms with Gasteiger partial charge in [0, 0.05) is 54.9 Å². The fourth-order valence-electron chi connectivity index (χ4n) is 5.15. The molecule has 1 fully saturated rings. The Morgan fingerprint density at radius 3 is 2.11 bits per heavy atom. The molecule has 7 nitrogen and oxygen atoms in total. The largest absolute Gasteiger partial charge is 0.497 e. The number of methoxy groups -OCH3 is 1. The third kappa shape index (κ3) is 4.36. The highest BCUT2D eigenvalue weighted by molar-refractivity contribution is 6.02. The van der Waals surface area contributed by atoms with E-state index < -0.39 is 0 Å². The third-order valence-electron chi connectivity index (χ3n) is 7.22. The van der Waals surface area contributed by atoms with Crippen molar-refractivity contribution in [1.29, 1.82) is 0 Å². The van der Waals surface area contributed by atoms with Gasteiger partial charge in [-0.05, 0) is 61.0 Å². The van der Waals surface area contributed by atoms with Gasteiger partial charge >= 0.3 is 0 Å². The number of ether oxygens (including phenoxy) is 1. The molecule has 0 spiro atoms. The van der Waals surface area contributed by atoms with Crippen LogP contribution in [0.5, 0.6) is 5.75 Å². The first-order valence-corrected chi connectivity index (χ1v) is 12.8. The van der Waals surface area contributed by atoms with Gasteiger partial charge in [-0.15, -0.1) is 0 Å². The lowest BCUT2D eigenvalue weighted by atomic mass is 10.1. The van der Waals surface area contributed by atoms with E-state index in [1.165, 1.54) is 0 Å². The highest BCUT2D eigenvalue weighted by atomic mass is 16.5. The SMILES string of the molecule is COc1ccc(-n2cc(-c3ccccc3)c3c(N4CCN(c5ccc(C(C)=O)cc5)CC4)ncnc32)cc1. The summed E-state index contributed by atoms with van der Waals surface area (Å²) in [6.45, 7) is 5.00. The number of carbonyl (C=O) groups is 1. The summed E-state index contributed by atoms with van der Waals surface area (Å²) >= 11 is 0.